The van der Waals surface area contributed by atoms with Crippen molar-refractivity contribution in [3.8, 4) is 17.1 Å². The molecule has 1 fully saturated rings. The van der Waals surface area contributed by atoms with Gasteiger partial charge in [0.05, 0.1) is 12.6 Å². The Morgan fingerprint density at radius 3 is 3.10 bits per heavy atom. The van der Waals surface area contributed by atoms with Crippen LogP contribution in [0.1, 0.15) is 30.3 Å². The fraction of sp³-hybridized carbons (Fsp3) is 0.429. The van der Waals surface area contributed by atoms with Crippen LogP contribution >= 0.6 is 12.4 Å². The molecule has 2 aliphatic rings. The normalized spacial score (nSPS) is 20.3. The molecular formula is C14H16ClN3O2. The van der Waals surface area contributed by atoms with Crippen LogP contribution in [-0.2, 0) is 6.42 Å². The molecule has 0 unspecified atom stereocenters. The minimum Gasteiger partial charge on any atom is -0.493 e. The lowest BCUT2D eigenvalue weighted by atomic mass is 10.1. The third-order valence-electron chi connectivity index (χ3n) is 3.75. The summed E-state index contributed by atoms with van der Waals surface area (Å²) in [5.41, 5.74) is 2.22. The second-order valence-corrected chi connectivity index (χ2v) is 5.03. The Morgan fingerprint density at radius 2 is 2.25 bits per heavy atom. The Balaban J connectivity index is 0.00000121. The SMILES string of the molecule is Cl.c1cc2c(cc1-c1noc([C@@H]3CCCN3)n1)CCO2. The maximum Gasteiger partial charge on any atom is 0.244 e. The van der Waals surface area contributed by atoms with E-state index in [1.807, 2.05) is 12.1 Å². The van der Waals surface area contributed by atoms with Crippen LogP contribution in [0.2, 0.25) is 0 Å². The molecule has 0 saturated carbocycles. The minimum atomic E-state index is 0. The van der Waals surface area contributed by atoms with Crippen molar-refractivity contribution in [3.05, 3.63) is 29.7 Å². The number of rotatable bonds is 2. The number of nitrogens with one attached hydrogen (secondary N) is 1. The molecule has 3 heterocycles. The summed E-state index contributed by atoms with van der Waals surface area (Å²) in [6, 6.07) is 6.29. The quantitative estimate of drug-likeness (QED) is 0.922. The van der Waals surface area contributed by atoms with E-state index in [2.05, 4.69) is 21.5 Å². The minimum absolute atomic E-state index is 0. The van der Waals surface area contributed by atoms with E-state index >= 15 is 0 Å². The van der Waals surface area contributed by atoms with E-state index in [0.29, 0.717) is 11.7 Å². The Labute approximate surface area is 123 Å². The Bertz CT molecular complexity index is 608. The van der Waals surface area contributed by atoms with Crippen molar-refractivity contribution < 1.29 is 9.26 Å². The van der Waals surface area contributed by atoms with Gasteiger partial charge in [-0.15, -0.1) is 12.4 Å². The third kappa shape index (κ3) is 2.27. The smallest absolute Gasteiger partial charge is 0.244 e. The monoisotopic (exact) mass is 293 g/mol. The lowest BCUT2D eigenvalue weighted by molar-refractivity contribution is 0.345. The molecule has 20 heavy (non-hydrogen) atoms. The van der Waals surface area contributed by atoms with Gasteiger partial charge < -0.3 is 14.6 Å². The zero-order chi connectivity index (χ0) is 12.7. The molecule has 5 nitrogen and oxygen atoms in total. The van der Waals surface area contributed by atoms with Crippen molar-refractivity contribution in [1.29, 1.82) is 0 Å². The highest BCUT2D eigenvalue weighted by Crippen LogP contribution is 2.30. The van der Waals surface area contributed by atoms with Crippen molar-refractivity contribution in [2.24, 2.45) is 0 Å². The number of hydrogen-bond acceptors (Lipinski definition) is 5. The summed E-state index contributed by atoms with van der Waals surface area (Å²) in [6.07, 6.45) is 3.19. The number of benzene rings is 1. The number of ether oxygens (including phenoxy) is 1. The van der Waals surface area contributed by atoms with Crippen molar-refractivity contribution in [1.82, 2.24) is 15.5 Å². The van der Waals surface area contributed by atoms with Crippen LogP contribution in [0, 0.1) is 0 Å². The lowest BCUT2D eigenvalue weighted by Gasteiger charge is -2.02. The Kier molecular flexibility index (Phi) is 3.63. The predicted molar refractivity (Wildman–Crippen MR) is 76.2 cm³/mol. The first kappa shape index (κ1) is 13.4. The van der Waals surface area contributed by atoms with Crippen LogP contribution < -0.4 is 10.1 Å². The van der Waals surface area contributed by atoms with Gasteiger partial charge in [-0.2, -0.15) is 4.98 Å². The van der Waals surface area contributed by atoms with Crippen LogP contribution in [-0.4, -0.2) is 23.3 Å². The largest absolute Gasteiger partial charge is 0.493 e. The topological polar surface area (TPSA) is 60.2 Å². The number of aromatic nitrogens is 2. The van der Waals surface area contributed by atoms with Crippen molar-refractivity contribution in [2.75, 3.05) is 13.2 Å². The molecule has 106 valence electrons. The molecule has 1 aromatic carbocycles. The van der Waals surface area contributed by atoms with Crippen LogP contribution in [0.25, 0.3) is 11.4 Å². The molecule has 1 aromatic heterocycles. The summed E-state index contributed by atoms with van der Waals surface area (Å²) >= 11 is 0. The molecule has 2 aliphatic heterocycles. The summed E-state index contributed by atoms with van der Waals surface area (Å²) in [5.74, 6) is 2.34. The molecule has 0 aliphatic carbocycles. The number of fused-ring (bicyclic) bond motifs is 1. The second-order valence-electron chi connectivity index (χ2n) is 5.03. The van der Waals surface area contributed by atoms with E-state index in [1.54, 1.807) is 0 Å². The summed E-state index contributed by atoms with van der Waals surface area (Å²) in [6.45, 7) is 1.79. The number of halogens is 1. The molecule has 1 atom stereocenters. The summed E-state index contributed by atoms with van der Waals surface area (Å²) < 4.78 is 10.9. The number of nitrogens with zero attached hydrogens (tertiary/aromatic N) is 2. The summed E-state index contributed by atoms with van der Waals surface area (Å²) in [4.78, 5) is 4.51. The molecule has 0 amide bonds. The standard InChI is InChI=1S/C14H15N3O2.ClH/c1-2-11(15-6-1)14-16-13(17-19-14)10-3-4-12-9(8-10)5-7-18-12;/h3-4,8,11,15H,1-2,5-7H2;1H/t11-;/m0./s1. The van der Waals surface area contributed by atoms with E-state index < -0.39 is 0 Å². The summed E-state index contributed by atoms with van der Waals surface area (Å²) in [7, 11) is 0. The van der Waals surface area contributed by atoms with Gasteiger partial charge in [0.2, 0.25) is 11.7 Å². The van der Waals surface area contributed by atoms with Gasteiger partial charge in [-0.1, -0.05) is 5.16 Å². The lowest BCUT2D eigenvalue weighted by Crippen LogP contribution is -2.12. The molecule has 0 radical (unpaired) electrons. The van der Waals surface area contributed by atoms with Crippen molar-refractivity contribution in [3.63, 3.8) is 0 Å². The van der Waals surface area contributed by atoms with Gasteiger partial charge in [0.1, 0.15) is 5.75 Å². The van der Waals surface area contributed by atoms with Gasteiger partial charge in [0.25, 0.3) is 0 Å². The Hall–Kier alpha value is -1.59. The number of hydrogen-bond donors (Lipinski definition) is 1. The first-order valence-corrected chi connectivity index (χ1v) is 6.73. The van der Waals surface area contributed by atoms with E-state index in [9.17, 15) is 0 Å². The van der Waals surface area contributed by atoms with Crippen molar-refractivity contribution >= 4 is 12.4 Å². The highest BCUT2D eigenvalue weighted by molar-refractivity contribution is 5.85. The maximum absolute atomic E-state index is 5.50. The Morgan fingerprint density at radius 1 is 1.30 bits per heavy atom. The van der Waals surface area contributed by atoms with Crippen LogP contribution in [0.3, 0.4) is 0 Å². The molecule has 2 aromatic rings. The van der Waals surface area contributed by atoms with Gasteiger partial charge in [-0.05, 0) is 43.1 Å². The van der Waals surface area contributed by atoms with Crippen LogP contribution in [0.15, 0.2) is 22.7 Å². The van der Waals surface area contributed by atoms with E-state index in [-0.39, 0.29) is 18.4 Å². The maximum atomic E-state index is 5.50. The highest BCUT2D eigenvalue weighted by atomic mass is 35.5. The second kappa shape index (κ2) is 5.42. The van der Waals surface area contributed by atoms with Crippen LogP contribution in [0.4, 0.5) is 0 Å². The van der Waals surface area contributed by atoms with Gasteiger partial charge in [0, 0.05) is 12.0 Å². The first-order chi connectivity index (χ1) is 9.40. The van der Waals surface area contributed by atoms with Gasteiger partial charge in [-0.25, -0.2) is 0 Å². The fourth-order valence-electron chi connectivity index (χ4n) is 2.71. The van der Waals surface area contributed by atoms with E-state index in [1.165, 1.54) is 12.0 Å². The molecule has 6 heteroatoms. The molecule has 0 bridgehead atoms. The highest BCUT2D eigenvalue weighted by Gasteiger charge is 2.23. The zero-order valence-corrected chi connectivity index (χ0v) is 11.8. The molecule has 1 saturated heterocycles. The van der Waals surface area contributed by atoms with Crippen LogP contribution in [0.5, 0.6) is 5.75 Å². The zero-order valence-electron chi connectivity index (χ0n) is 11.0. The van der Waals surface area contributed by atoms with Gasteiger partial charge in [0.15, 0.2) is 0 Å². The summed E-state index contributed by atoms with van der Waals surface area (Å²) in [5, 5.41) is 7.45. The molecule has 1 N–H and O–H groups in total. The molecule has 4 rings (SSSR count). The molecular weight excluding hydrogens is 278 g/mol. The average Bonchev–Trinajstić information content (AvgIpc) is 3.18. The molecule has 0 spiro atoms. The van der Waals surface area contributed by atoms with E-state index in [0.717, 1.165) is 37.3 Å². The van der Waals surface area contributed by atoms with Gasteiger partial charge >= 0.3 is 0 Å². The van der Waals surface area contributed by atoms with E-state index in [4.69, 9.17) is 9.26 Å². The average molecular weight is 294 g/mol. The fourth-order valence-corrected chi connectivity index (χ4v) is 2.71. The third-order valence-corrected chi connectivity index (χ3v) is 3.75. The predicted octanol–water partition coefficient (Wildman–Crippen LogP) is 2.52. The van der Waals surface area contributed by atoms with Crippen molar-refractivity contribution in [2.45, 2.75) is 25.3 Å². The first-order valence-electron chi connectivity index (χ1n) is 6.73. The van der Waals surface area contributed by atoms with Gasteiger partial charge in [-0.3, -0.25) is 0 Å².